The fourth-order valence-electron chi connectivity index (χ4n) is 2.60. The van der Waals surface area contributed by atoms with E-state index in [1.54, 1.807) is 6.07 Å². The average Bonchev–Trinajstić information content (AvgIpc) is 3.30. The van der Waals surface area contributed by atoms with E-state index in [1.165, 1.54) is 15.9 Å². The quantitative estimate of drug-likeness (QED) is 0.549. The van der Waals surface area contributed by atoms with Gasteiger partial charge >= 0.3 is 0 Å². The fourth-order valence-corrected chi connectivity index (χ4v) is 3.44. The van der Waals surface area contributed by atoms with E-state index in [0.29, 0.717) is 21.5 Å². The molecule has 1 aliphatic rings. The van der Waals surface area contributed by atoms with Crippen LogP contribution in [0.4, 0.5) is 8.78 Å². The lowest BCUT2D eigenvalue weighted by Crippen LogP contribution is -1.94. The molecule has 0 N–H and O–H groups in total. The molecule has 124 valence electrons. The van der Waals surface area contributed by atoms with Crippen molar-refractivity contribution in [1.82, 2.24) is 19.8 Å². The Bertz CT molecular complexity index is 1120. The summed E-state index contributed by atoms with van der Waals surface area (Å²) in [6.45, 7) is 0.187. The van der Waals surface area contributed by atoms with Crippen LogP contribution in [0.15, 0.2) is 36.4 Å². The molecule has 0 aliphatic carbocycles. The van der Waals surface area contributed by atoms with Gasteiger partial charge in [0.05, 0.1) is 5.56 Å². The summed E-state index contributed by atoms with van der Waals surface area (Å²) >= 11 is 1.29. The first-order valence-electron chi connectivity index (χ1n) is 7.27. The lowest BCUT2D eigenvalue weighted by atomic mass is 10.2. The Morgan fingerprint density at radius 1 is 1.00 bits per heavy atom. The highest BCUT2D eigenvalue weighted by Gasteiger charge is 2.19. The van der Waals surface area contributed by atoms with E-state index in [4.69, 9.17) is 9.47 Å². The second kappa shape index (κ2) is 5.21. The van der Waals surface area contributed by atoms with Crippen LogP contribution >= 0.6 is 11.3 Å². The normalized spacial score (nSPS) is 12.9. The van der Waals surface area contributed by atoms with Crippen molar-refractivity contribution in [1.29, 1.82) is 0 Å². The zero-order valence-corrected chi connectivity index (χ0v) is 13.3. The second-order valence-electron chi connectivity index (χ2n) is 5.32. The predicted molar refractivity (Wildman–Crippen MR) is 85.6 cm³/mol. The summed E-state index contributed by atoms with van der Waals surface area (Å²) < 4.78 is 39.6. The molecular formula is C16H8F2N4O2S. The highest BCUT2D eigenvalue weighted by molar-refractivity contribution is 7.19. The Kier molecular flexibility index (Phi) is 2.98. The summed E-state index contributed by atoms with van der Waals surface area (Å²) in [5.41, 5.74) is 0.820. The topological polar surface area (TPSA) is 61.5 Å². The van der Waals surface area contributed by atoms with Crippen molar-refractivity contribution in [2.45, 2.75) is 0 Å². The molecule has 0 fully saturated rings. The molecule has 0 atom stereocenters. The zero-order chi connectivity index (χ0) is 17.0. The molecule has 2 aromatic carbocycles. The van der Waals surface area contributed by atoms with Crippen LogP contribution in [0.5, 0.6) is 11.5 Å². The van der Waals surface area contributed by atoms with E-state index in [-0.39, 0.29) is 18.2 Å². The van der Waals surface area contributed by atoms with Gasteiger partial charge in [-0.05, 0) is 36.4 Å². The van der Waals surface area contributed by atoms with Crippen LogP contribution in [-0.2, 0) is 0 Å². The average molecular weight is 358 g/mol. The lowest BCUT2D eigenvalue weighted by molar-refractivity contribution is 0.174. The molecule has 0 saturated heterocycles. The number of halogens is 2. The number of nitrogens with zero attached hydrogens (tertiary/aromatic N) is 4. The molecule has 6 nitrogen and oxygen atoms in total. The smallest absolute Gasteiger partial charge is 0.235 e. The van der Waals surface area contributed by atoms with Crippen molar-refractivity contribution in [2.75, 3.05) is 6.79 Å². The Balaban J connectivity index is 1.64. The number of benzene rings is 2. The number of hydrogen-bond donors (Lipinski definition) is 0. The fraction of sp³-hybridized carbons (Fsp3) is 0.0625. The monoisotopic (exact) mass is 358 g/mol. The number of aromatic nitrogens is 4. The highest BCUT2D eigenvalue weighted by Crippen LogP contribution is 2.37. The van der Waals surface area contributed by atoms with Crippen LogP contribution in [0.2, 0.25) is 0 Å². The van der Waals surface area contributed by atoms with Gasteiger partial charge in [0.2, 0.25) is 11.8 Å². The number of rotatable bonds is 2. The molecule has 4 aromatic rings. The van der Waals surface area contributed by atoms with E-state index in [1.807, 2.05) is 12.1 Å². The van der Waals surface area contributed by atoms with E-state index in [0.717, 1.165) is 23.8 Å². The third-order valence-corrected chi connectivity index (χ3v) is 4.73. The van der Waals surface area contributed by atoms with E-state index in [2.05, 4.69) is 15.3 Å². The van der Waals surface area contributed by atoms with Gasteiger partial charge in [0, 0.05) is 5.56 Å². The zero-order valence-electron chi connectivity index (χ0n) is 12.4. The molecule has 0 amide bonds. The van der Waals surface area contributed by atoms with Crippen molar-refractivity contribution in [3.05, 3.63) is 48.0 Å². The molecule has 0 unspecified atom stereocenters. The van der Waals surface area contributed by atoms with Crippen LogP contribution < -0.4 is 9.47 Å². The first kappa shape index (κ1) is 14.3. The first-order valence-corrected chi connectivity index (χ1v) is 8.08. The van der Waals surface area contributed by atoms with Gasteiger partial charge in [0.25, 0.3) is 0 Å². The van der Waals surface area contributed by atoms with Gasteiger partial charge < -0.3 is 9.47 Å². The summed E-state index contributed by atoms with van der Waals surface area (Å²) in [5, 5.41) is 13.0. The Hall–Kier alpha value is -3.07. The van der Waals surface area contributed by atoms with E-state index < -0.39 is 11.6 Å². The van der Waals surface area contributed by atoms with Crippen molar-refractivity contribution >= 4 is 16.3 Å². The molecule has 0 saturated carbocycles. The van der Waals surface area contributed by atoms with Crippen LogP contribution in [0, 0.1) is 11.6 Å². The minimum absolute atomic E-state index is 0.00929. The van der Waals surface area contributed by atoms with Gasteiger partial charge in [-0.25, -0.2) is 8.78 Å². The van der Waals surface area contributed by atoms with Gasteiger partial charge in [0.1, 0.15) is 16.6 Å². The van der Waals surface area contributed by atoms with Crippen LogP contribution in [0.1, 0.15) is 0 Å². The van der Waals surface area contributed by atoms with E-state index in [9.17, 15) is 8.78 Å². The summed E-state index contributed by atoms with van der Waals surface area (Å²) in [6.07, 6.45) is 0. The minimum Gasteiger partial charge on any atom is -0.454 e. The SMILES string of the molecule is Fc1ccc(F)c(-c2nnc3sc(-c4ccc5c(c4)OCO5)nn23)c1. The summed E-state index contributed by atoms with van der Waals surface area (Å²) in [4.78, 5) is 0.478. The summed E-state index contributed by atoms with van der Waals surface area (Å²) in [6, 6.07) is 8.64. The summed E-state index contributed by atoms with van der Waals surface area (Å²) in [7, 11) is 0. The van der Waals surface area contributed by atoms with Gasteiger partial charge in [-0.3, -0.25) is 0 Å². The third kappa shape index (κ3) is 2.23. The van der Waals surface area contributed by atoms with Gasteiger partial charge in [-0.15, -0.1) is 10.2 Å². The maximum atomic E-state index is 14.0. The maximum Gasteiger partial charge on any atom is 0.235 e. The largest absolute Gasteiger partial charge is 0.454 e. The highest BCUT2D eigenvalue weighted by atomic mass is 32.1. The van der Waals surface area contributed by atoms with Gasteiger partial charge in [0.15, 0.2) is 17.3 Å². The molecule has 3 heterocycles. The van der Waals surface area contributed by atoms with Crippen molar-refractivity contribution in [2.24, 2.45) is 0 Å². The van der Waals surface area contributed by atoms with Crippen LogP contribution in [-0.4, -0.2) is 26.6 Å². The van der Waals surface area contributed by atoms with Gasteiger partial charge in [-0.1, -0.05) is 11.3 Å². The molecule has 25 heavy (non-hydrogen) atoms. The van der Waals surface area contributed by atoms with Crippen molar-refractivity contribution in [3.8, 4) is 33.5 Å². The molecule has 5 rings (SSSR count). The number of hydrogen-bond acceptors (Lipinski definition) is 6. The summed E-state index contributed by atoms with van der Waals surface area (Å²) in [5.74, 6) is 0.317. The van der Waals surface area contributed by atoms with Crippen LogP contribution in [0.25, 0.3) is 26.9 Å². The Morgan fingerprint density at radius 2 is 1.88 bits per heavy atom. The Morgan fingerprint density at radius 3 is 2.80 bits per heavy atom. The predicted octanol–water partition coefficient (Wildman–Crippen LogP) is 3.53. The standard InChI is InChI=1S/C16H8F2N4O2S/c17-9-2-3-11(18)10(6-9)14-19-20-16-22(14)21-15(25-16)8-1-4-12-13(5-8)24-7-23-12/h1-6H,7H2. The third-order valence-electron chi connectivity index (χ3n) is 3.78. The second-order valence-corrected chi connectivity index (χ2v) is 6.27. The molecule has 0 bridgehead atoms. The molecule has 9 heteroatoms. The molecule has 0 radical (unpaired) electrons. The number of fused-ring (bicyclic) bond motifs is 2. The van der Waals surface area contributed by atoms with Crippen molar-refractivity contribution < 1.29 is 18.3 Å². The maximum absolute atomic E-state index is 14.0. The van der Waals surface area contributed by atoms with Crippen molar-refractivity contribution in [3.63, 3.8) is 0 Å². The van der Waals surface area contributed by atoms with E-state index >= 15 is 0 Å². The molecular weight excluding hydrogens is 350 g/mol. The first-order chi connectivity index (χ1) is 12.2. The Labute approximate surface area is 143 Å². The lowest BCUT2D eigenvalue weighted by Gasteiger charge is -2.00. The molecule has 1 aliphatic heterocycles. The van der Waals surface area contributed by atoms with Crippen LogP contribution in [0.3, 0.4) is 0 Å². The van der Waals surface area contributed by atoms with Gasteiger partial charge in [-0.2, -0.15) is 9.61 Å². The number of ether oxygens (including phenoxy) is 2. The molecule has 0 spiro atoms. The molecule has 2 aromatic heterocycles. The minimum atomic E-state index is -0.590.